The Hall–Kier alpha value is -5.54. The van der Waals surface area contributed by atoms with Crippen LogP contribution in [-0.2, 0) is 32.1 Å². The Kier molecular flexibility index (Phi) is 11.6. The fraction of sp³-hybridized carbons (Fsp3) is 0.471. The van der Waals surface area contributed by atoms with Crippen molar-refractivity contribution in [3.63, 3.8) is 0 Å². The summed E-state index contributed by atoms with van der Waals surface area (Å²) in [4.78, 5) is 92.2. The minimum atomic E-state index is -1.18. The highest BCUT2D eigenvalue weighted by Gasteiger charge is 2.32. The van der Waals surface area contributed by atoms with Crippen LogP contribution in [0.25, 0.3) is 10.9 Å². The monoisotopic (exact) mass is 691 g/mol. The number of rotatable bonds is 12. The van der Waals surface area contributed by atoms with Crippen LogP contribution in [0, 0.1) is 6.92 Å². The van der Waals surface area contributed by atoms with Crippen LogP contribution in [0.15, 0.2) is 35.4 Å². The molecule has 16 heteroatoms. The van der Waals surface area contributed by atoms with E-state index in [9.17, 15) is 33.9 Å². The number of hydrogen-bond acceptors (Lipinski definition) is 10. The number of aryl methyl sites for hydroxylation is 1. The number of unbranched alkanes of at least 4 members (excludes halogenated alkanes) is 1. The Morgan fingerprint density at radius 2 is 1.80 bits per heavy atom. The molecular formula is C34H41N7O9. The van der Waals surface area contributed by atoms with Gasteiger partial charge in [-0.05, 0) is 37.5 Å². The first-order valence-corrected chi connectivity index (χ1v) is 16.6. The average Bonchev–Trinajstić information content (AvgIpc) is 3.11. The number of H-pyrrole nitrogens is 1. The lowest BCUT2D eigenvalue weighted by atomic mass is 10.1. The molecule has 0 spiro atoms. The number of ether oxygens (including phenoxy) is 2. The second-order valence-electron chi connectivity index (χ2n) is 12.3. The Bertz CT molecular complexity index is 1820. The summed E-state index contributed by atoms with van der Waals surface area (Å²) in [5.74, 6) is -2.49. The first-order valence-electron chi connectivity index (χ1n) is 16.6. The average molecular weight is 692 g/mol. The third kappa shape index (κ3) is 8.73. The lowest BCUT2D eigenvalue weighted by Gasteiger charge is -2.36. The number of carbonyl (C=O) groups excluding carboxylic acids is 4. The van der Waals surface area contributed by atoms with E-state index in [2.05, 4.69) is 20.3 Å². The summed E-state index contributed by atoms with van der Waals surface area (Å²) in [7, 11) is 0. The predicted molar refractivity (Wildman–Crippen MR) is 178 cm³/mol. The van der Waals surface area contributed by atoms with E-state index in [0.29, 0.717) is 41.7 Å². The van der Waals surface area contributed by atoms with Crippen molar-refractivity contribution in [1.29, 1.82) is 0 Å². The molecule has 0 aliphatic carbocycles. The van der Waals surface area contributed by atoms with Gasteiger partial charge in [-0.2, -0.15) is 0 Å². The van der Waals surface area contributed by atoms with Gasteiger partial charge in [0.05, 0.1) is 36.3 Å². The molecule has 1 fully saturated rings. The predicted octanol–water partition coefficient (Wildman–Crippen LogP) is 1.63. The number of aromatic amines is 1. The lowest BCUT2D eigenvalue weighted by molar-refractivity contribution is -0.138. The number of carbonyl (C=O) groups is 5. The Balaban J connectivity index is 1.29. The molecular weight excluding hydrogens is 650 g/mol. The van der Waals surface area contributed by atoms with Crippen LogP contribution >= 0.6 is 0 Å². The zero-order valence-electron chi connectivity index (χ0n) is 28.1. The van der Waals surface area contributed by atoms with E-state index in [1.54, 1.807) is 12.1 Å². The highest BCUT2D eigenvalue weighted by Crippen LogP contribution is 2.27. The van der Waals surface area contributed by atoms with E-state index < -0.39 is 29.9 Å². The SMILES string of the molecule is CCCCOC(=O)N1CCN(C(=O)C(CCC(=O)O)NC(=O)c2cc(OCC(=O)N3CCc4nc[nH]c(=O)c4C3)c3ccc(C)cc3n2)CC1. The number of piperazine rings is 1. The summed E-state index contributed by atoms with van der Waals surface area (Å²) >= 11 is 0. The minimum absolute atomic E-state index is 0.0918. The maximum absolute atomic E-state index is 13.6. The summed E-state index contributed by atoms with van der Waals surface area (Å²) < 4.78 is 11.2. The van der Waals surface area contributed by atoms with Crippen molar-refractivity contribution in [1.82, 2.24) is 35.0 Å². The number of pyridine rings is 1. The van der Waals surface area contributed by atoms with Gasteiger partial charge < -0.3 is 39.6 Å². The third-order valence-corrected chi connectivity index (χ3v) is 8.69. The summed E-state index contributed by atoms with van der Waals surface area (Å²) in [6, 6.07) is 5.55. The second-order valence-corrected chi connectivity index (χ2v) is 12.3. The Morgan fingerprint density at radius 1 is 1.04 bits per heavy atom. The van der Waals surface area contributed by atoms with Crippen molar-refractivity contribution < 1.29 is 38.6 Å². The van der Waals surface area contributed by atoms with Crippen molar-refractivity contribution in [2.45, 2.75) is 58.5 Å². The molecule has 0 saturated carbocycles. The Labute approximate surface area is 287 Å². The molecule has 3 aromatic rings. The highest BCUT2D eigenvalue weighted by molar-refractivity contribution is 5.99. The molecule has 16 nitrogen and oxygen atoms in total. The van der Waals surface area contributed by atoms with E-state index in [4.69, 9.17) is 9.47 Å². The summed E-state index contributed by atoms with van der Waals surface area (Å²) in [5.41, 5.74) is 1.95. The zero-order chi connectivity index (χ0) is 35.8. The van der Waals surface area contributed by atoms with Crippen molar-refractivity contribution in [2.24, 2.45) is 0 Å². The molecule has 3 N–H and O–H groups in total. The number of carboxylic acid groups (broad SMARTS) is 1. The van der Waals surface area contributed by atoms with E-state index in [1.165, 1.54) is 27.1 Å². The number of benzene rings is 1. The van der Waals surface area contributed by atoms with E-state index >= 15 is 0 Å². The molecule has 1 atom stereocenters. The van der Waals surface area contributed by atoms with Crippen molar-refractivity contribution in [3.8, 4) is 5.75 Å². The molecule has 0 radical (unpaired) electrons. The van der Waals surface area contributed by atoms with Gasteiger partial charge >= 0.3 is 12.1 Å². The lowest BCUT2D eigenvalue weighted by Crippen LogP contribution is -2.56. The fourth-order valence-electron chi connectivity index (χ4n) is 5.82. The van der Waals surface area contributed by atoms with E-state index in [1.807, 2.05) is 19.9 Å². The Morgan fingerprint density at radius 3 is 2.54 bits per heavy atom. The number of hydrogen-bond donors (Lipinski definition) is 3. The number of amides is 4. The number of carboxylic acids is 1. The van der Waals surface area contributed by atoms with Crippen molar-refractivity contribution in [3.05, 3.63) is 63.5 Å². The molecule has 4 amide bonds. The van der Waals surface area contributed by atoms with Crippen LogP contribution in [0.4, 0.5) is 4.79 Å². The molecule has 1 saturated heterocycles. The fourth-order valence-corrected chi connectivity index (χ4v) is 5.82. The normalized spacial score (nSPS) is 14.9. The number of aromatic nitrogens is 3. The number of nitrogens with zero attached hydrogens (tertiary/aromatic N) is 5. The van der Waals surface area contributed by atoms with Gasteiger partial charge in [0.2, 0.25) is 5.91 Å². The maximum Gasteiger partial charge on any atom is 0.409 e. The molecule has 0 bridgehead atoms. The minimum Gasteiger partial charge on any atom is -0.483 e. The molecule has 1 unspecified atom stereocenters. The topological polar surface area (TPSA) is 204 Å². The molecule has 2 aliphatic heterocycles. The van der Waals surface area contributed by atoms with Gasteiger partial charge in [0.15, 0.2) is 6.61 Å². The van der Waals surface area contributed by atoms with Crippen LogP contribution in [-0.4, -0.2) is 117 Å². The summed E-state index contributed by atoms with van der Waals surface area (Å²) in [6.07, 6.45) is 2.42. The highest BCUT2D eigenvalue weighted by atomic mass is 16.6. The van der Waals surface area contributed by atoms with E-state index in [-0.39, 0.29) is 75.1 Å². The van der Waals surface area contributed by atoms with Crippen molar-refractivity contribution >= 4 is 40.7 Å². The molecule has 2 aromatic heterocycles. The van der Waals surface area contributed by atoms with Crippen molar-refractivity contribution in [2.75, 3.05) is 45.9 Å². The largest absolute Gasteiger partial charge is 0.483 e. The summed E-state index contributed by atoms with van der Waals surface area (Å²) in [6.45, 7) is 5.09. The van der Waals surface area contributed by atoms with Crippen LogP contribution < -0.4 is 15.6 Å². The van der Waals surface area contributed by atoms with Crippen LogP contribution in [0.3, 0.4) is 0 Å². The molecule has 2 aliphatic rings. The van der Waals surface area contributed by atoms with Gasteiger partial charge in [-0.25, -0.2) is 14.8 Å². The molecule has 5 rings (SSSR count). The van der Waals surface area contributed by atoms with E-state index in [0.717, 1.165) is 18.4 Å². The summed E-state index contributed by atoms with van der Waals surface area (Å²) in [5, 5.41) is 12.6. The molecule has 4 heterocycles. The standard InChI is InChI=1S/C34H41N7O9/c1-3-4-15-49-34(48)40-13-11-39(12-14-40)33(47)25(7-8-30(43)44)38-32(46)27-17-28(22-6-5-21(2)16-26(22)37-27)50-19-29(42)41-10-9-24-23(18-41)31(45)36-20-35-24/h5-6,16-17,20,25H,3-4,7-15,18-19H2,1-2H3,(H,38,46)(H,43,44)(H,35,36,45). The van der Waals surface area contributed by atoms with Crippen LogP contribution in [0.5, 0.6) is 5.75 Å². The number of fused-ring (bicyclic) bond motifs is 2. The smallest absolute Gasteiger partial charge is 0.409 e. The van der Waals surface area contributed by atoms with Gasteiger partial charge in [-0.15, -0.1) is 0 Å². The van der Waals surface area contributed by atoms with Gasteiger partial charge in [0.1, 0.15) is 17.5 Å². The zero-order valence-corrected chi connectivity index (χ0v) is 28.1. The maximum atomic E-state index is 13.6. The second kappa shape index (κ2) is 16.2. The first-order chi connectivity index (χ1) is 24.0. The molecule has 266 valence electrons. The number of nitrogens with one attached hydrogen (secondary N) is 2. The van der Waals surface area contributed by atoms with Crippen LogP contribution in [0.1, 0.15) is 59.9 Å². The third-order valence-electron chi connectivity index (χ3n) is 8.69. The van der Waals surface area contributed by atoms with Gasteiger partial charge in [-0.3, -0.25) is 24.0 Å². The quantitative estimate of drug-likeness (QED) is 0.233. The number of aliphatic carboxylic acids is 1. The van der Waals surface area contributed by atoms with Crippen LogP contribution in [0.2, 0.25) is 0 Å². The molecule has 1 aromatic carbocycles. The van der Waals surface area contributed by atoms with Gasteiger partial charge in [-0.1, -0.05) is 19.4 Å². The first kappa shape index (κ1) is 35.8. The molecule has 50 heavy (non-hydrogen) atoms. The van der Waals surface area contributed by atoms with Gasteiger partial charge in [0, 0.05) is 57.0 Å². The van der Waals surface area contributed by atoms with Gasteiger partial charge in [0.25, 0.3) is 17.4 Å².